The van der Waals surface area contributed by atoms with Gasteiger partial charge in [-0.2, -0.15) is 0 Å². The van der Waals surface area contributed by atoms with Crippen LogP contribution in [-0.4, -0.2) is 106 Å². The van der Waals surface area contributed by atoms with E-state index in [4.69, 9.17) is 22.7 Å². The van der Waals surface area contributed by atoms with Crippen molar-refractivity contribution in [2.24, 2.45) is 5.73 Å². The summed E-state index contributed by atoms with van der Waals surface area (Å²) in [6.45, 7) is 2.29. The number of para-hydroxylation sites is 1. The Bertz CT molecular complexity index is 1350. The summed E-state index contributed by atoms with van der Waals surface area (Å²) in [6.07, 6.45) is 4.74. The Hall–Kier alpha value is -2.29. The molecule has 0 aliphatic carbocycles. The van der Waals surface area contributed by atoms with E-state index in [9.17, 15) is 14.4 Å². The number of hydrogen-bond donors (Lipinski definition) is 3. The van der Waals surface area contributed by atoms with E-state index in [0.717, 1.165) is 27.5 Å². The monoisotopic (exact) mass is 658 g/mol. The number of nitrogens with one attached hydrogen (secondary N) is 2. The highest BCUT2D eigenvalue weighted by atomic mass is 35.5. The molecule has 4 N–H and O–H groups in total. The fourth-order valence-corrected chi connectivity index (χ4v) is 7.85. The fourth-order valence-electron chi connectivity index (χ4n) is 4.43. The number of benzene rings is 1. The third-order valence-electron chi connectivity index (χ3n) is 6.69. The lowest BCUT2D eigenvalue weighted by molar-refractivity contribution is -0.884. The number of rotatable bonds is 12. The molecule has 2 amide bonds. The molecule has 2 aromatic rings. The van der Waals surface area contributed by atoms with Gasteiger partial charge >= 0.3 is 0 Å². The van der Waals surface area contributed by atoms with E-state index in [1.165, 1.54) is 39.8 Å². The molecule has 10 nitrogen and oxygen atoms in total. The van der Waals surface area contributed by atoms with Crippen LogP contribution in [0, 0.1) is 5.41 Å². The minimum absolute atomic E-state index is 0. The molecule has 2 aliphatic heterocycles. The van der Waals surface area contributed by atoms with E-state index in [1.807, 2.05) is 36.4 Å². The van der Waals surface area contributed by atoms with Crippen LogP contribution in [0.4, 0.5) is 0 Å². The summed E-state index contributed by atoms with van der Waals surface area (Å²) < 4.78 is 2.56. The van der Waals surface area contributed by atoms with Gasteiger partial charge in [-0.15, -0.1) is 35.5 Å². The third-order valence-corrected chi connectivity index (χ3v) is 10.3. The highest BCUT2D eigenvalue weighted by Crippen LogP contribution is 2.41. The molecule has 0 spiro atoms. The summed E-state index contributed by atoms with van der Waals surface area (Å²) in [4.78, 5) is 45.7. The summed E-state index contributed by atoms with van der Waals surface area (Å²) in [5, 5.41) is 9.24. The molecular weight excluding hydrogens is 625 g/mol. The predicted octanol–water partition coefficient (Wildman–Crippen LogP) is 3.08. The quantitative estimate of drug-likeness (QED) is 0.0792. The second-order valence-corrected chi connectivity index (χ2v) is 13.9. The largest absolute Gasteiger partial charge is 0.370 e. The number of amides is 2. The number of nitrogens with two attached hydrogens (primary N) is 1. The van der Waals surface area contributed by atoms with Gasteiger partial charge in [0.15, 0.2) is 10.3 Å². The number of likely N-dealkylation sites (N-methyl/N-ethyl adjacent to an activating group) is 1. The second-order valence-electron chi connectivity index (χ2n) is 10.2. The number of thioether (sulfide) groups is 2. The Morgan fingerprint density at radius 1 is 1.37 bits per heavy atom. The molecule has 0 unspecified atom stereocenters. The van der Waals surface area contributed by atoms with Gasteiger partial charge in [-0.05, 0) is 35.4 Å². The van der Waals surface area contributed by atoms with Gasteiger partial charge in [0.1, 0.15) is 17.1 Å². The van der Waals surface area contributed by atoms with Gasteiger partial charge in [0.2, 0.25) is 5.91 Å². The van der Waals surface area contributed by atoms with Crippen molar-refractivity contribution < 1.29 is 18.9 Å². The van der Waals surface area contributed by atoms with Gasteiger partial charge in [0.05, 0.1) is 43.2 Å². The standard InChI is InChI=1S/C26H32ClN7O3S3.ClH/c1-32(25(28)29)11-7-13-34(2,3)12-6-8-16-14-38-24-20(23(37)33(24)21(16)22(27)36)31-19(35)15-39-26-30-17-9-4-5-10-18(17)40-26;/h4-6,8-10,20,24H,7,11-15H2,1-3H3,(H3-,28,29,31,35);1H/p+1/b8-6+;/t20-,24-;/m1./s1. The molecule has 2 atom stereocenters. The minimum atomic E-state index is -0.700. The smallest absolute Gasteiger partial charge is 0.269 e. The highest BCUT2D eigenvalue weighted by Gasteiger charge is 2.53. The fraction of sp³-hybridized carbons (Fsp3) is 0.423. The molecular formula is C26H34Cl2N7O3S3+. The maximum atomic E-state index is 13.0. The SMILES string of the molecule is CN(CCC[N+](C)(C)C/C=C/C1=C(C(=O)Cl)N2C(=O)[C@@H](NC(=O)CSc3nc4ccccc4s3)[C@H]2SC1)C(=N)N.Cl. The second kappa shape index (κ2) is 14.3. The van der Waals surface area contributed by atoms with Gasteiger partial charge in [0, 0.05) is 25.8 Å². The number of thiazole rings is 1. The zero-order valence-corrected chi connectivity index (χ0v) is 27.0. The topological polar surface area (TPSA) is 132 Å². The van der Waals surface area contributed by atoms with Crippen molar-refractivity contribution in [2.75, 3.05) is 52.3 Å². The Morgan fingerprint density at radius 3 is 2.78 bits per heavy atom. The van der Waals surface area contributed by atoms with Crippen LogP contribution in [0.2, 0.25) is 0 Å². The summed E-state index contributed by atoms with van der Waals surface area (Å²) >= 11 is 10.3. The number of aromatic nitrogens is 1. The maximum absolute atomic E-state index is 13.0. The molecule has 0 radical (unpaired) electrons. The van der Waals surface area contributed by atoms with E-state index < -0.39 is 11.3 Å². The van der Waals surface area contributed by atoms with E-state index >= 15 is 0 Å². The van der Waals surface area contributed by atoms with Crippen LogP contribution in [0.5, 0.6) is 0 Å². The van der Waals surface area contributed by atoms with Gasteiger partial charge < -0.3 is 20.4 Å². The van der Waals surface area contributed by atoms with E-state index in [0.29, 0.717) is 28.9 Å². The molecule has 222 valence electrons. The van der Waals surface area contributed by atoms with Gasteiger partial charge in [-0.25, -0.2) is 4.98 Å². The van der Waals surface area contributed by atoms with Crippen LogP contribution >= 0.6 is 58.9 Å². The number of quaternary nitrogens is 1. The van der Waals surface area contributed by atoms with Crippen molar-refractivity contribution >= 4 is 92.1 Å². The average molecular weight is 660 g/mol. The van der Waals surface area contributed by atoms with Crippen molar-refractivity contribution in [2.45, 2.75) is 22.2 Å². The molecule has 4 rings (SSSR count). The molecule has 0 saturated carbocycles. The van der Waals surface area contributed by atoms with E-state index in [-0.39, 0.29) is 47.0 Å². The molecule has 15 heteroatoms. The average Bonchev–Trinajstić information content (AvgIpc) is 3.32. The van der Waals surface area contributed by atoms with E-state index in [2.05, 4.69) is 24.4 Å². The molecule has 1 fully saturated rings. The lowest BCUT2D eigenvalue weighted by Crippen LogP contribution is -2.70. The van der Waals surface area contributed by atoms with Crippen LogP contribution in [-0.2, 0) is 14.4 Å². The Balaban J connectivity index is 0.00000462. The number of carbonyl (C=O) groups excluding carboxylic acids is 3. The van der Waals surface area contributed by atoms with Gasteiger partial charge in [-0.3, -0.25) is 24.7 Å². The van der Waals surface area contributed by atoms with Crippen molar-refractivity contribution in [3.05, 3.63) is 47.7 Å². The summed E-state index contributed by atoms with van der Waals surface area (Å²) in [5.41, 5.74) is 7.28. The lowest BCUT2D eigenvalue weighted by atomic mass is 10.0. The molecule has 3 heterocycles. The number of nitrogens with zero attached hydrogens (tertiary/aromatic N) is 4. The van der Waals surface area contributed by atoms with Crippen molar-refractivity contribution in [1.29, 1.82) is 5.41 Å². The summed E-state index contributed by atoms with van der Waals surface area (Å²) in [7, 11) is 6.00. The zero-order chi connectivity index (χ0) is 29.0. The van der Waals surface area contributed by atoms with Crippen LogP contribution in [0.3, 0.4) is 0 Å². The first-order valence-electron chi connectivity index (χ1n) is 12.7. The molecule has 1 aromatic heterocycles. The predicted molar refractivity (Wildman–Crippen MR) is 171 cm³/mol. The molecule has 0 bridgehead atoms. The van der Waals surface area contributed by atoms with Crippen molar-refractivity contribution in [3.8, 4) is 0 Å². The van der Waals surface area contributed by atoms with Crippen molar-refractivity contribution in [3.63, 3.8) is 0 Å². The Kier molecular flexibility index (Phi) is 11.5. The summed E-state index contributed by atoms with van der Waals surface area (Å²) in [5.74, 6) is 0.101. The third kappa shape index (κ3) is 8.17. The zero-order valence-electron chi connectivity index (χ0n) is 23.0. The molecule has 2 aliphatic rings. The number of allylic oxidation sites excluding steroid dienone is 2. The molecule has 41 heavy (non-hydrogen) atoms. The number of hydrogen-bond acceptors (Lipinski definition) is 8. The minimum Gasteiger partial charge on any atom is -0.370 e. The number of β-lactam (4-membered cyclic amide) rings is 1. The Labute approximate surface area is 263 Å². The number of fused-ring (bicyclic) bond motifs is 2. The number of carbonyl (C=O) groups is 3. The lowest BCUT2D eigenvalue weighted by Gasteiger charge is -2.49. The Morgan fingerprint density at radius 2 is 2.10 bits per heavy atom. The van der Waals surface area contributed by atoms with Crippen LogP contribution in [0.15, 0.2) is 52.0 Å². The molecule has 1 saturated heterocycles. The number of guanidine groups is 1. The highest BCUT2D eigenvalue weighted by molar-refractivity contribution is 8.01. The number of halogens is 2. The van der Waals surface area contributed by atoms with E-state index in [1.54, 1.807) is 11.9 Å². The normalized spacial score (nSPS) is 18.6. The molecule has 1 aromatic carbocycles. The van der Waals surface area contributed by atoms with Gasteiger partial charge in [0.25, 0.3) is 11.1 Å². The summed E-state index contributed by atoms with van der Waals surface area (Å²) in [6, 6.07) is 7.10. The van der Waals surface area contributed by atoms with Crippen LogP contribution in [0.1, 0.15) is 6.42 Å². The van der Waals surface area contributed by atoms with Crippen LogP contribution in [0.25, 0.3) is 10.2 Å². The first kappa shape index (κ1) is 33.2. The van der Waals surface area contributed by atoms with Crippen molar-refractivity contribution in [1.82, 2.24) is 20.1 Å². The van der Waals surface area contributed by atoms with Gasteiger partial charge in [-0.1, -0.05) is 30.0 Å². The first-order valence-corrected chi connectivity index (χ1v) is 15.9. The van der Waals surface area contributed by atoms with Crippen LogP contribution < -0.4 is 11.1 Å². The maximum Gasteiger partial charge on any atom is 0.269 e. The first-order chi connectivity index (χ1) is 19.0.